The van der Waals surface area contributed by atoms with Gasteiger partial charge in [-0.3, -0.25) is 4.31 Å². The molecule has 0 amide bonds. The normalized spacial score (nSPS) is 12.2. The van der Waals surface area contributed by atoms with Gasteiger partial charge >= 0.3 is 6.18 Å². The number of hydrogen-bond acceptors (Lipinski definition) is 2. The van der Waals surface area contributed by atoms with Crippen molar-refractivity contribution in [3.05, 3.63) is 65.7 Å². The molecule has 0 aromatic heterocycles. The molecule has 0 radical (unpaired) electrons. The molecule has 0 fully saturated rings. The number of rotatable bonds is 4. The van der Waals surface area contributed by atoms with E-state index in [2.05, 4.69) is 0 Å². The summed E-state index contributed by atoms with van der Waals surface area (Å²) < 4.78 is 63.2. The van der Waals surface area contributed by atoms with Gasteiger partial charge in [0.1, 0.15) is 0 Å². The lowest BCUT2D eigenvalue weighted by Crippen LogP contribution is -2.29. The van der Waals surface area contributed by atoms with E-state index in [0.29, 0.717) is 5.56 Å². The van der Waals surface area contributed by atoms with E-state index >= 15 is 0 Å². The second kappa shape index (κ2) is 6.00. The number of nitrogens with zero attached hydrogens (tertiary/aromatic N) is 1. The van der Waals surface area contributed by atoms with Gasteiger partial charge in [-0.25, -0.2) is 8.42 Å². The summed E-state index contributed by atoms with van der Waals surface area (Å²) in [5.41, 5.74) is -0.210. The lowest BCUT2D eigenvalue weighted by atomic mass is 10.2. The molecular formula is C15H14F3NO2S. The first-order valence-corrected chi connectivity index (χ1v) is 8.21. The van der Waals surface area contributed by atoms with Crippen LogP contribution in [0.15, 0.2) is 54.6 Å². The predicted octanol–water partition coefficient (Wildman–Crippen LogP) is 3.67. The van der Waals surface area contributed by atoms with Crippen molar-refractivity contribution in [2.75, 3.05) is 10.6 Å². The summed E-state index contributed by atoms with van der Waals surface area (Å²) >= 11 is 0. The molecule has 0 unspecified atom stereocenters. The van der Waals surface area contributed by atoms with Gasteiger partial charge in [-0.2, -0.15) is 13.2 Å². The fraction of sp³-hybridized carbons (Fsp3) is 0.200. The topological polar surface area (TPSA) is 37.4 Å². The van der Waals surface area contributed by atoms with Gasteiger partial charge in [-0.05, 0) is 23.8 Å². The first-order chi connectivity index (χ1) is 10.2. The van der Waals surface area contributed by atoms with Gasteiger partial charge in [-0.1, -0.05) is 36.4 Å². The molecule has 0 aliphatic heterocycles. The molecule has 2 aromatic carbocycles. The largest absolute Gasteiger partial charge is 0.416 e. The summed E-state index contributed by atoms with van der Waals surface area (Å²) in [7, 11) is -3.71. The van der Waals surface area contributed by atoms with Crippen LogP contribution in [0.2, 0.25) is 0 Å². The van der Waals surface area contributed by atoms with Crippen LogP contribution in [0.5, 0.6) is 0 Å². The van der Waals surface area contributed by atoms with Crippen molar-refractivity contribution in [1.29, 1.82) is 0 Å². The summed E-state index contributed by atoms with van der Waals surface area (Å²) in [4.78, 5) is 0. The van der Waals surface area contributed by atoms with Gasteiger partial charge in [0.2, 0.25) is 10.0 Å². The Balaban J connectivity index is 2.43. The number of anilines is 1. The third-order valence-electron chi connectivity index (χ3n) is 3.03. The second-order valence-corrected chi connectivity index (χ2v) is 6.71. The summed E-state index contributed by atoms with van der Waals surface area (Å²) in [6.45, 7) is -0.0268. The Kier molecular flexibility index (Phi) is 4.46. The zero-order valence-corrected chi connectivity index (χ0v) is 12.5. The number of sulfonamides is 1. The third kappa shape index (κ3) is 4.00. The maximum Gasteiger partial charge on any atom is 0.416 e. The SMILES string of the molecule is CS(=O)(=O)N(Cc1ccccc1)c1cccc(C(F)(F)F)c1. The van der Waals surface area contributed by atoms with E-state index < -0.39 is 21.8 Å². The molecule has 7 heteroatoms. The van der Waals surface area contributed by atoms with Crippen molar-refractivity contribution in [3.63, 3.8) is 0 Å². The maximum atomic E-state index is 12.8. The molecule has 22 heavy (non-hydrogen) atoms. The van der Waals surface area contributed by atoms with Crippen LogP contribution in [-0.4, -0.2) is 14.7 Å². The fourth-order valence-corrected chi connectivity index (χ4v) is 2.87. The Morgan fingerprint density at radius 3 is 2.18 bits per heavy atom. The lowest BCUT2D eigenvalue weighted by molar-refractivity contribution is -0.137. The van der Waals surface area contributed by atoms with Crippen molar-refractivity contribution in [2.45, 2.75) is 12.7 Å². The molecule has 0 atom stereocenters. The molecule has 0 spiro atoms. The van der Waals surface area contributed by atoms with E-state index in [4.69, 9.17) is 0 Å². The fourth-order valence-electron chi connectivity index (χ4n) is 1.99. The van der Waals surface area contributed by atoms with Crippen LogP contribution in [0, 0.1) is 0 Å². The van der Waals surface area contributed by atoms with Crippen LogP contribution in [0.1, 0.15) is 11.1 Å². The molecule has 0 aliphatic rings. The minimum absolute atomic E-state index is 0.0128. The summed E-state index contributed by atoms with van der Waals surface area (Å²) in [5.74, 6) is 0. The molecule has 0 saturated carbocycles. The molecule has 0 aliphatic carbocycles. The Morgan fingerprint density at radius 2 is 1.64 bits per heavy atom. The highest BCUT2D eigenvalue weighted by atomic mass is 32.2. The number of benzene rings is 2. The van der Waals surface area contributed by atoms with Crippen LogP contribution in [0.4, 0.5) is 18.9 Å². The monoisotopic (exact) mass is 329 g/mol. The summed E-state index contributed by atoms with van der Waals surface area (Å²) in [6, 6.07) is 13.0. The minimum Gasteiger partial charge on any atom is -0.266 e. The average molecular weight is 329 g/mol. The van der Waals surface area contributed by atoms with Gasteiger partial charge in [0.15, 0.2) is 0 Å². The highest BCUT2D eigenvalue weighted by molar-refractivity contribution is 7.92. The molecule has 0 saturated heterocycles. The Morgan fingerprint density at radius 1 is 1.00 bits per heavy atom. The van der Waals surface area contributed by atoms with E-state index in [1.54, 1.807) is 30.3 Å². The molecule has 0 bridgehead atoms. The second-order valence-electron chi connectivity index (χ2n) is 4.80. The van der Waals surface area contributed by atoms with Crippen LogP contribution in [0.3, 0.4) is 0 Å². The van der Waals surface area contributed by atoms with Crippen molar-refractivity contribution in [1.82, 2.24) is 0 Å². The first-order valence-electron chi connectivity index (χ1n) is 6.37. The quantitative estimate of drug-likeness (QED) is 0.858. The standard InChI is InChI=1S/C15H14F3NO2S/c1-22(20,21)19(11-12-6-3-2-4-7-12)14-9-5-8-13(10-14)15(16,17)18/h2-10H,11H2,1H3. The van der Waals surface area contributed by atoms with E-state index in [1.165, 1.54) is 12.1 Å². The van der Waals surface area contributed by atoms with Crippen molar-refractivity contribution < 1.29 is 21.6 Å². The maximum absolute atomic E-state index is 12.8. The highest BCUT2D eigenvalue weighted by Crippen LogP contribution is 2.32. The van der Waals surface area contributed by atoms with Gasteiger partial charge in [0.25, 0.3) is 0 Å². The van der Waals surface area contributed by atoms with Crippen molar-refractivity contribution >= 4 is 15.7 Å². The van der Waals surface area contributed by atoms with Crippen LogP contribution in [0.25, 0.3) is 0 Å². The third-order valence-corrected chi connectivity index (χ3v) is 4.17. The number of hydrogen-bond donors (Lipinski definition) is 0. The van der Waals surface area contributed by atoms with E-state index in [1.807, 2.05) is 0 Å². The Labute approximate surface area is 127 Å². The van der Waals surface area contributed by atoms with Crippen molar-refractivity contribution in [2.24, 2.45) is 0 Å². The van der Waals surface area contributed by atoms with Crippen molar-refractivity contribution in [3.8, 4) is 0 Å². The number of alkyl halides is 3. The lowest BCUT2D eigenvalue weighted by Gasteiger charge is -2.23. The molecular weight excluding hydrogens is 315 g/mol. The van der Waals surface area contributed by atoms with Gasteiger partial charge in [-0.15, -0.1) is 0 Å². The van der Waals surface area contributed by atoms with Gasteiger partial charge in [0.05, 0.1) is 24.1 Å². The first kappa shape index (κ1) is 16.4. The smallest absolute Gasteiger partial charge is 0.266 e. The average Bonchev–Trinajstić information content (AvgIpc) is 2.44. The number of halogens is 3. The molecule has 0 heterocycles. The molecule has 3 nitrogen and oxygen atoms in total. The summed E-state index contributed by atoms with van der Waals surface area (Å²) in [6.07, 6.45) is -3.55. The van der Waals surface area contributed by atoms with Crippen LogP contribution < -0.4 is 4.31 Å². The molecule has 118 valence electrons. The Bertz CT molecular complexity index is 743. The van der Waals surface area contributed by atoms with E-state index in [0.717, 1.165) is 22.7 Å². The van der Waals surface area contributed by atoms with Gasteiger partial charge in [0, 0.05) is 0 Å². The molecule has 2 rings (SSSR count). The predicted molar refractivity (Wildman–Crippen MR) is 78.9 cm³/mol. The van der Waals surface area contributed by atoms with Crippen LogP contribution in [-0.2, 0) is 22.7 Å². The highest BCUT2D eigenvalue weighted by Gasteiger charge is 2.31. The van der Waals surface area contributed by atoms with E-state index in [-0.39, 0.29) is 12.2 Å². The van der Waals surface area contributed by atoms with Gasteiger partial charge < -0.3 is 0 Å². The van der Waals surface area contributed by atoms with E-state index in [9.17, 15) is 21.6 Å². The summed E-state index contributed by atoms with van der Waals surface area (Å²) in [5, 5.41) is 0. The zero-order valence-electron chi connectivity index (χ0n) is 11.7. The Hall–Kier alpha value is -2.02. The van der Waals surface area contributed by atoms with Crippen LogP contribution >= 0.6 is 0 Å². The molecule has 0 N–H and O–H groups in total. The minimum atomic E-state index is -4.52. The molecule has 2 aromatic rings. The zero-order chi connectivity index (χ0) is 16.4.